The Balaban J connectivity index is 2.60. The van der Waals surface area contributed by atoms with E-state index in [1.165, 1.54) is 5.57 Å². The maximum atomic E-state index is 6.03. The van der Waals surface area contributed by atoms with Crippen LogP contribution in [0.5, 0.6) is 5.75 Å². The van der Waals surface area contributed by atoms with Gasteiger partial charge in [-0.15, -0.1) is 11.3 Å². The molecule has 1 rings (SSSR count). The van der Waals surface area contributed by atoms with E-state index in [1.54, 1.807) is 18.4 Å². The van der Waals surface area contributed by atoms with Crippen molar-refractivity contribution in [2.75, 3.05) is 7.11 Å². The molecule has 1 atom stereocenters. The molecule has 2 nitrogen and oxygen atoms in total. The normalized spacial score (nSPS) is 12.5. The van der Waals surface area contributed by atoms with Gasteiger partial charge in [0, 0.05) is 16.3 Å². The Morgan fingerprint density at radius 3 is 2.93 bits per heavy atom. The van der Waals surface area contributed by atoms with Crippen molar-refractivity contribution in [1.29, 1.82) is 0 Å². The minimum atomic E-state index is 0.0661. The number of hydrogen-bond acceptors (Lipinski definition) is 3. The van der Waals surface area contributed by atoms with Gasteiger partial charge in [-0.2, -0.15) is 0 Å². The van der Waals surface area contributed by atoms with Crippen LogP contribution >= 0.6 is 11.3 Å². The zero-order valence-electron chi connectivity index (χ0n) is 8.75. The molecule has 0 aliphatic heterocycles. The van der Waals surface area contributed by atoms with Crippen LogP contribution in [-0.4, -0.2) is 7.11 Å². The van der Waals surface area contributed by atoms with Crippen LogP contribution in [0.15, 0.2) is 23.6 Å². The van der Waals surface area contributed by atoms with Crippen molar-refractivity contribution in [3.05, 3.63) is 28.5 Å². The fourth-order valence-electron chi connectivity index (χ4n) is 1.19. The summed E-state index contributed by atoms with van der Waals surface area (Å²) < 4.78 is 5.11. The monoisotopic (exact) mass is 211 g/mol. The highest BCUT2D eigenvalue weighted by Gasteiger charge is 2.10. The van der Waals surface area contributed by atoms with Crippen LogP contribution in [0, 0.1) is 0 Å². The van der Waals surface area contributed by atoms with E-state index >= 15 is 0 Å². The molecule has 1 aromatic rings. The molecule has 78 valence electrons. The predicted octanol–water partition coefficient (Wildman–Crippen LogP) is 3.11. The van der Waals surface area contributed by atoms with Gasteiger partial charge in [0.2, 0.25) is 0 Å². The van der Waals surface area contributed by atoms with Crippen LogP contribution in [-0.2, 0) is 0 Å². The standard InChI is InChI=1S/C11H17NOS/c1-4-8(2)5-10(12)11-6-9(13-3)7-14-11/h6-7,10H,2,4-5,12H2,1,3H3. The molecule has 0 fully saturated rings. The molecular weight excluding hydrogens is 194 g/mol. The summed E-state index contributed by atoms with van der Waals surface area (Å²) in [5.41, 5.74) is 7.23. The van der Waals surface area contributed by atoms with Gasteiger partial charge in [-0.05, 0) is 18.9 Å². The van der Waals surface area contributed by atoms with Crippen LogP contribution < -0.4 is 10.5 Å². The molecule has 0 aliphatic rings. The summed E-state index contributed by atoms with van der Waals surface area (Å²) in [7, 11) is 1.67. The summed E-state index contributed by atoms with van der Waals surface area (Å²) >= 11 is 1.64. The number of nitrogens with two attached hydrogens (primary N) is 1. The summed E-state index contributed by atoms with van der Waals surface area (Å²) in [5, 5.41) is 1.98. The predicted molar refractivity (Wildman–Crippen MR) is 61.8 cm³/mol. The summed E-state index contributed by atoms with van der Waals surface area (Å²) in [6, 6.07) is 2.06. The van der Waals surface area contributed by atoms with Gasteiger partial charge in [0.15, 0.2) is 0 Å². The third kappa shape index (κ3) is 2.86. The fourth-order valence-corrected chi connectivity index (χ4v) is 2.05. The molecule has 0 amide bonds. The highest BCUT2D eigenvalue weighted by molar-refractivity contribution is 7.10. The molecule has 0 bridgehead atoms. The first-order valence-corrected chi connectivity index (χ1v) is 5.60. The molecule has 14 heavy (non-hydrogen) atoms. The summed E-state index contributed by atoms with van der Waals surface area (Å²) in [6.45, 7) is 6.06. The molecule has 2 N–H and O–H groups in total. The van der Waals surface area contributed by atoms with Gasteiger partial charge >= 0.3 is 0 Å². The first-order chi connectivity index (χ1) is 6.67. The van der Waals surface area contributed by atoms with E-state index in [4.69, 9.17) is 10.5 Å². The smallest absolute Gasteiger partial charge is 0.129 e. The van der Waals surface area contributed by atoms with E-state index in [1.807, 2.05) is 11.4 Å². The number of methoxy groups -OCH3 is 1. The van der Waals surface area contributed by atoms with Crippen molar-refractivity contribution in [2.24, 2.45) is 5.73 Å². The number of ether oxygens (including phenoxy) is 1. The van der Waals surface area contributed by atoms with Gasteiger partial charge in [0.1, 0.15) is 5.75 Å². The van der Waals surface area contributed by atoms with Crippen LogP contribution in [0.4, 0.5) is 0 Å². The van der Waals surface area contributed by atoms with Gasteiger partial charge in [0.25, 0.3) is 0 Å². The summed E-state index contributed by atoms with van der Waals surface area (Å²) in [5.74, 6) is 0.891. The highest BCUT2D eigenvalue weighted by Crippen LogP contribution is 2.28. The van der Waals surface area contributed by atoms with Crippen LogP contribution in [0.3, 0.4) is 0 Å². The first kappa shape index (κ1) is 11.3. The quantitative estimate of drug-likeness (QED) is 0.759. The lowest BCUT2D eigenvalue weighted by molar-refractivity contribution is 0.416. The molecule has 0 spiro atoms. The van der Waals surface area contributed by atoms with E-state index in [2.05, 4.69) is 13.5 Å². The average molecular weight is 211 g/mol. The van der Waals surface area contributed by atoms with E-state index < -0.39 is 0 Å². The molecule has 0 aliphatic carbocycles. The van der Waals surface area contributed by atoms with Gasteiger partial charge < -0.3 is 10.5 Å². The summed E-state index contributed by atoms with van der Waals surface area (Å²) in [4.78, 5) is 1.16. The van der Waals surface area contributed by atoms with Gasteiger partial charge in [0.05, 0.1) is 7.11 Å². The average Bonchev–Trinajstić information content (AvgIpc) is 2.65. The first-order valence-electron chi connectivity index (χ1n) is 4.72. The molecule has 0 saturated heterocycles. The lowest BCUT2D eigenvalue weighted by Gasteiger charge is -2.09. The lowest BCUT2D eigenvalue weighted by Crippen LogP contribution is -2.08. The van der Waals surface area contributed by atoms with Gasteiger partial charge in [-0.25, -0.2) is 0 Å². The van der Waals surface area contributed by atoms with Gasteiger partial charge in [-0.1, -0.05) is 19.1 Å². The number of rotatable bonds is 5. The lowest BCUT2D eigenvalue weighted by atomic mass is 10.1. The molecule has 1 aromatic heterocycles. The van der Waals surface area contributed by atoms with Crippen molar-refractivity contribution in [3.63, 3.8) is 0 Å². The second-order valence-corrected chi connectivity index (χ2v) is 4.25. The molecule has 0 radical (unpaired) electrons. The van der Waals surface area contributed by atoms with E-state index in [0.717, 1.165) is 23.5 Å². The second kappa shape index (κ2) is 5.17. The van der Waals surface area contributed by atoms with Crippen molar-refractivity contribution < 1.29 is 4.74 Å². The number of thiophene rings is 1. The summed E-state index contributed by atoms with van der Waals surface area (Å²) in [6.07, 6.45) is 1.86. The Kier molecular flexibility index (Phi) is 4.17. The fraction of sp³-hybridized carbons (Fsp3) is 0.455. The topological polar surface area (TPSA) is 35.2 Å². The third-order valence-corrected chi connectivity index (χ3v) is 3.25. The number of hydrogen-bond donors (Lipinski definition) is 1. The zero-order valence-corrected chi connectivity index (χ0v) is 9.56. The van der Waals surface area contributed by atoms with Crippen molar-refractivity contribution >= 4 is 11.3 Å². The Morgan fingerprint density at radius 1 is 1.71 bits per heavy atom. The molecule has 1 unspecified atom stereocenters. The minimum Gasteiger partial charge on any atom is -0.496 e. The molecule has 1 heterocycles. The van der Waals surface area contributed by atoms with Crippen molar-refractivity contribution in [1.82, 2.24) is 0 Å². The Labute approximate surface area is 89.4 Å². The van der Waals surface area contributed by atoms with E-state index in [-0.39, 0.29) is 6.04 Å². The molecule has 3 heteroatoms. The Bertz CT molecular complexity index is 306. The molecule has 0 saturated carbocycles. The van der Waals surface area contributed by atoms with Gasteiger partial charge in [-0.3, -0.25) is 0 Å². The van der Waals surface area contributed by atoms with Crippen LogP contribution in [0.25, 0.3) is 0 Å². The Hall–Kier alpha value is -0.800. The van der Waals surface area contributed by atoms with Crippen molar-refractivity contribution in [2.45, 2.75) is 25.8 Å². The molecular formula is C11H17NOS. The SMILES string of the molecule is C=C(CC)CC(N)c1cc(OC)cs1. The van der Waals surface area contributed by atoms with E-state index in [0.29, 0.717) is 0 Å². The largest absolute Gasteiger partial charge is 0.496 e. The maximum Gasteiger partial charge on any atom is 0.129 e. The third-order valence-electron chi connectivity index (χ3n) is 2.21. The molecule has 0 aromatic carbocycles. The zero-order chi connectivity index (χ0) is 10.6. The maximum absolute atomic E-state index is 6.03. The second-order valence-electron chi connectivity index (χ2n) is 3.30. The van der Waals surface area contributed by atoms with Crippen LogP contribution in [0.1, 0.15) is 30.7 Å². The minimum absolute atomic E-state index is 0.0661. The Morgan fingerprint density at radius 2 is 2.43 bits per heavy atom. The van der Waals surface area contributed by atoms with E-state index in [9.17, 15) is 0 Å². The van der Waals surface area contributed by atoms with Crippen molar-refractivity contribution in [3.8, 4) is 5.75 Å². The highest BCUT2D eigenvalue weighted by atomic mass is 32.1. The van der Waals surface area contributed by atoms with Crippen LogP contribution in [0.2, 0.25) is 0 Å².